The number of amides is 1. The Morgan fingerprint density at radius 3 is 2.81 bits per heavy atom. The van der Waals surface area contributed by atoms with E-state index >= 15 is 0 Å². The number of rotatable bonds is 7. The molecule has 3 rings (SSSR count). The first-order chi connectivity index (χ1) is 13.1. The Bertz CT molecular complexity index is 844. The van der Waals surface area contributed by atoms with Crippen molar-refractivity contribution < 1.29 is 14.4 Å². The first kappa shape index (κ1) is 18.9. The highest BCUT2D eigenvalue weighted by molar-refractivity contribution is 6.05. The molecule has 0 spiro atoms. The number of carbonyl (C=O) groups is 1. The van der Waals surface area contributed by atoms with Crippen LogP contribution in [0.25, 0.3) is 0 Å². The first-order valence-electron chi connectivity index (χ1n) is 9.25. The smallest absolute Gasteiger partial charge is 0.267 e. The van der Waals surface area contributed by atoms with Crippen LogP contribution in [0.2, 0.25) is 0 Å². The third-order valence-electron chi connectivity index (χ3n) is 4.79. The summed E-state index contributed by atoms with van der Waals surface area (Å²) in [5.41, 5.74) is 3.59. The fourth-order valence-electron chi connectivity index (χ4n) is 3.18. The molecule has 7 nitrogen and oxygen atoms in total. The van der Waals surface area contributed by atoms with Gasteiger partial charge in [-0.2, -0.15) is 5.10 Å². The molecule has 0 saturated carbocycles. The van der Waals surface area contributed by atoms with Crippen molar-refractivity contribution in [2.24, 2.45) is 5.16 Å². The van der Waals surface area contributed by atoms with E-state index in [2.05, 4.69) is 10.3 Å². The molecule has 2 heterocycles. The molecule has 2 aromatic rings. The van der Waals surface area contributed by atoms with Crippen molar-refractivity contribution in [1.29, 1.82) is 0 Å². The number of benzene rings is 1. The van der Waals surface area contributed by atoms with Crippen molar-refractivity contribution in [3.8, 4) is 5.75 Å². The van der Waals surface area contributed by atoms with Gasteiger partial charge in [0.15, 0.2) is 0 Å². The SMILES string of the molecule is CCN(Cc1cn(CC)nc1C)C(=O)C1CC(c2ccccc2OC)=NO1. The minimum atomic E-state index is -0.605. The molecule has 27 heavy (non-hydrogen) atoms. The normalized spacial score (nSPS) is 16.0. The van der Waals surface area contributed by atoms with Gasteiger partial charge in [0.2, 0.25) is 6.10 Å². The molecule has 0 N–H and O–H groups in total. The Hall–Kier alpha value is -2.83. The molecule has 0 saturated heterocycles. The Labute approximate surface area is 159 Å². The van der Waals surface area contributed by atoms with Crippen LogP contribution >= 0.6 is 0 Å². The fraction of sp³-hybridized carbons (Fsp3) is 0.450. The third kappa shape index (κ3) is 3.97. The van der Waals surface area contributed by atoms with Gasteiger partial charge in [0, 0.05) is 43.4 Å². The van der Waals surface area contributed by atoms with Crippen LogP contribution in [0.1, 0.15) is 37.1 Å². The molecule has 1 atom stereocenters. The molecule has 1 aliphatic heterocycles. The van der Waals surface area contributed by atoms with Crippen LogP contribution in [-0.4, -0.2) is 46.1 Å². The van der Waals surface area contributed by atoms with Crippen molar-refractivity contribution in [1.82, 2.24) is 14.7 Å². The number of hydrogen-bond donors (Lipinski definition) is 0. The second-order valence-electron chi connectivity index (χ2n) is 6.48. The maximum absolute atomic E-state index is 13.0. The van der Waals surface area contributed by atoms with E-state index in [4.69, 9.17) is 9.57 Å². The molecule has 0 aliphatic carbocycles. The average molecular weight is 370 g/mol. The summed E-state index contributed by atoms with van der Waals surface area (Å²) in [4.78, 5) is 20.2. The number of carbonyl (C=O) groups excluding carboxylic acids is 1. The molecule has 1 amide bonds. The van der Waals surface area contributed by atoms with Crippen molar-refractivity contribution in [3.05, 3.63) is 47.3 Å². The fourth-order valence-corrected chi connectivity index (χ4v) is 3.18. The monoisotopic (exact) mass is 370 g/mol. The minimum Gasteiger partial charge on any atom is -0.496 e. The summed E-state index contributed by atoms with van der Waals surface area (Å²) in [7, 11) is 1.62. The van der Waals surface area contributed by atoms with E-state index < -0.39 is 6.10 Å². The summed E-state index contributed by atoms with van der Waals surface area (Å²) in [5, 5.41) is 8.60. The van der Waals surface area contributed by atoms with Gasteiger partial charge in [0.05, 0.1) is 18.5 Å². The second-order valence-corrected chi connectivity index (χ2v) is 6.48. The highest BCUT2D eigenvalue weighted by Gasteiger charge is 2.33. The predicted molar refractivity (Wildman–Crippen MR) is 103 cm³/mol. The predicted octanol–water partition coefficient (Wildman–Crippen LogP) is 2.76. The summed E-state index contributed by atoms with van der Waals surface area (Å²) in [6.07, 6.45) is 1.83. The lowest BCUT2D eigenvalue weighted by molar-refractivity contribution is -0.142. The molecule has 1 aromatic heterocycles. The van der Waals surface area contributed by atoms with Crippen LogP contribution in [-0.2, 0) is 22.7 Å². The second kappa shape index (κ2) is 8.24. The van der Waals surface area contributed by atoms with Gasteiger partial charge in [-0.15, -0.1) is 0 Å². The minimum absolute atomic E-state index is 0.0604. The van der Waals surface area contributed by atoms with Gasteiger partial charge < -0.3 is 14.5 Å². The van der Waals surface area contributed by atoms with Gasteiger partial charge in [-0.05, 0) is 32.9 Å². The van der Waals surface area contributed by atoms with Crippen molar-refractivity contribution in [2.75, 3.05) is 13.7 Å². The van der Waals surface area contributed by atoms with E-state index in [1.165, 1.54) is 0 Å². The van der Waals surface area contributed by atoms with Crippen LogP contribution in [0.3, 0.4) is 0 Å². The topological polar surface area (TPSA) is 69.0 Å². The summed E-state index contributed by atoms with van der Waals surface area (Å²) >= 11 is 0. The molecule has 7 heteroatoms. The molecule has 1 aliphatic rings. The Kier molecular flexibility index (Phi) is 5.78. The quantitative estimate of drug-likeness (QED) is 0.751. The van der Waals surface area contributed by atoms with Crippen LogP contribution in [0.4, 0.5) is 0 Å². The van der Waals surface area contributed by atoms with E-state index in [0.29, 0.717) is 19.5 Å². The van der Waals surface area contributed by atoms with Gasteiger partial charge in [-0.1, -0.05) is 17.3 Å². The van der Waals surface area contributed by atoms with E-state index in [0.717, 1.165) is 34.8 Å². The van der Waals surface area contributed by atoms with E-state index in [-0.39, 0.29) is 5.91 Å². The highest BCUT2D eigenvalue weighted by atomic mass is 16.6. The van der Waals surface area contributed by atoms with Crippen LogP contribution in [0.15, 0.2) is 35.6 Å². The number of methoxy groups -OCH3 is 1. The van der Waals surface area contributed by atoms with Gasteiger partial charge in [0.25, 0.3) is 5.91 Å². The number of ether oxygens (including phenoxy) is 1. The molecule has 1 unspecified atom stereocenters. The average Bonchev–Trinajstić information content (AvgIpc) is 3.32. The lowest BCUT2D eigenvalue weighted by Gasteiger charge is -2.22. The lowest BCUT2D eigenvalue weighted by Crippen LogP contribution is -2.38. The zero-order valence-electron chi connectivity index (χ0n) is 16.3. The van der Waals surface area contributed by atoms with Gasteiger partial charge in [-0.25, -0.2) is 0 Å². The highest BCUT2D eigenvalue weighted by Crippen LogP contribution is 2.25. The summed E-state index contributed by atoms with van der Waals surface area (Å²) in [6, 6.07) is 7.62. The Morgan fingerprint density at radius 2 is 2.15 bits per heavy atom. The number of oxime groups is 1. The van der Waals surface area contributed by atoms with Crippen molar-refractivity contribution in [3.63, 3.8) is 0 Å². The van der Waals surface area contributed by atoms with Crippen LogP contribution in [0, 0.1) is 6.92 Å². The largest absolute Gasteiger partial charge is 0.496 e. The van der Waals surface area contributed by atoms with E-state index in [1.807, 2.05) is 55.9 Å². The lowest BCUT2D eigenvalue weighted by atomic mass is 10.0. The zero-order chi connectivity index (χ0) is 19.4. The number of para-hydroxylation sites is 1. The van der Waals surface area contributed by atoms with Crippen LogP contribution in [0.5, 0.6) is 5.75 Å². The molecule has 0 fully saturated rings. The standard InChI is InChI=1S/C20H26N4O3/c1-5-23(12-15-13-24(6-2)21-14(15)3)20(25)19-11-17(22-27-19)16-9-7-8-10-18(16)26-4/h7-10,13,19H,5-6,11-12H2,1-4H3. The molecule has 144 valence electrons. The molecule has 1 aromatic carbocycles. The number of hydrogen-bond acceptors (Lipinski definition) is 5. The van der Waals surface area contributed by atoms with Gasteiger partial charge in [-0.3, -0.25) is 9.48 Å². The number of nitrogens with zero attached hydrogens (tertiary/aromatic N) is 4. The van der Waals surface area contributed by atoms with Gasteiger partial charge >= 0.3 is 0 Å². The maximum atomic E-state index is 13.0. The summed E-state index contributed by atoms with van der Waals surface area (Å²) < 4.78 is 7.27. The van der Waals surface area contributed by atoms with Crippen LogP contribution < -0.4 is 4.74 Å². The van der Waals surface area contributed by atoms with Gasteiger partial charge in [0.1, 0.15) is 5.75 Å². The number of aryl methyl sites for hydroxylation is 2. The number of likely N-dealkylation sites (N-methyl/N-ethyl adjacent to an activating group) is 1. The van der Waals surface area contributed by atoms with E-state index in [1.54, 1.807) is 12.0 Å². The molecule has 0 bridgehead atoms. The Morgan fingerprint density at radius 1 is 1.37 bits per heavy atom. The summed E-state index contributed by atoms with van der Waals surface area (Å²) in [5.74, 6) is 0.665. The van der Waals surface area contributed by atoms with Crippen molar-refractivity contribution >= 4 is 11.6 Å². The Balaban J connectivity index is 1.69. The molecular formula is C20H26N4O3. The maximum Gasteiger partial charge on any atom is 0.267 e. The third-order valence-corrected chi connectivity index (χ3v) is 4.79. The molecule has 0 radical (unpaired) electrons. The molecular weight excluding hydrogens is 344 g/mol. The zero-order valence-corrected chi connectivity index (χ0v) is 16.3. The van der Waals surface area contributed by atoms with E-state index in [9.17, 15) is 4.79 Å². The summed E-state index contributed by atoms with van der Waals surface area (Å²) in [6.45, 7) is 7.90. The first-order valence-corrected chi connectivity index (χ1v) is 9.25. The number of aromatic nitrogens is 2. The van der Waals surface area contributed by atoms with Crippen molar-refractivity contribution in [2.45, 2.75) is 46.4 Å².